The largest absolute Gasteiger partial charge is 0.335 e. The third-order valence-electron chi connectivity index (χ3n) is 2.88. The van der Waals surface area contributed by atoms with Gasteiger partial charge in [0, 0.05) is 17.9 Å². The molecule has 16 heavy (non-hydrogen) atoms. The number of halogens is 1. The van der Waals surface area contributed by atoms with Crippen LogP contribution in [0.3, 0.4) is 0 Å². The molecule has 1 aliphatic carbocycles. The van der Waals surface area contributed by atoms with Crippen molar-refractivity contribution in [2.24, 2.45) is 0 Å². The van der Waals surface area contributed by atoms with Crippen molar-refractivity contribution in [2.45, 2.75) is 31.7 Å². The number of rotatable bonds is 5. The van der Waals surface area contributed by atoms with Crippen molar-refractivity contribution < 1.29 is 4.79 Å². The van der Waals surface area contributed by atoms with Crippen molar-refractivity contribution in [3.05, 3.63) is 11.1 Å². The monoisotopic (exact) mass is 303 g/mol. The number of nitrogens with zero attached hydrogens (tertiary/aromatic N) is 3. The van der Waals surface area contributed by atoms with Crippen LogP contribution in [0.1, 0.15) is 35.4 Å². The summed E-state index contributed by atoms with van der Waals surface area (Å²) in [7, 11) is 0. The Balaban J connectivity index is 2.02. The molecule has 0 atom stereocenters. The predicted molar refractivity (Wildman–Crippen MR) is 67.0 cm³/mol. The van der Waals surface area contributed by atoms with Crippen molar-refractivity contribution in [3.63, 3.8) is 0 Å². The fraction of sp³-hybridized carbons (Fsp3) is 0.700. The van der Waals surface area contributed by atoms with E-state index in [2.05, 4.69) is 25.5 Å². The molecular formula is C10H14BrN3OS. The zero-order valence-electron chi connectivity index (χ0n) is 8.93. The third-order valence-corrected chi connectivity index (χ3v) is 4.09. The van der Waals surface area contributed by atoms with Crippen LogP contribution in [0.25, 0.3) is 0 Å². The van der Waals surface area contributed by atoms with Crippen LogP contribution < -0.4 is 0 Å². The smallest absolute Gasteiger partial charge is 0.267 e. The first-order valence-corrected chi connectivity index (χ1v) is 7.36. The predicted octanol–water partition coefficient (Wildman–Crippen LogP) is 2.32. The first kappa shape index (κ1) is 12.0. The molecule has 1 heterocycles. The first-order valence-electron chi connectivity index (χ1n) is 5.47. The maximum Gasteiger partial charge on any atom is 0.267 e. The summed E-state index contributed by atoms with van der Waals surface area (Å²) < 4.78 is 3.74. The van der Waals surface area contributed by atoms with Gasteiger partial charge in [-0.15, -0.1) is 5.10 Å². The van der Waals surface area contributed by atoms with Crippen molar-refractivity contribution in [1.29, 1.82) is 0 Å². The molecule has 0 bridgehead atoms. The molecule has 0 saturated heterocycles. The Labute approximate surface area is 107 Å². The van der Waals surface area contributed by atoms with Gasteiger partial charge in [0.2, 0.25) is 0 Å². The molecule has 4 nitrogen and oxygen atoms in total. The van der Waals surface area contributed by atoms with Crippen LogP contribution in [0.2, 0.25) is 0 Å². The van der Waals surface area contributed by atoms with Crippen LogP contribution in [0.4, 0.5) is 0 Å². The molecule has 0 aliphatic heterocycles. The number of alkyl halides is 1. The number of hydrogen-bond acceptors (Lipinski definition) is 4. The Morgan fingerprint density at radius 3 is 2.94 bits per heavy atom. The van der Waals surface area contributed by atoms with Gasteiger partial charge >= 0.3 is 0 Å². The van der Waals surface area contributed by atoms with Crippen molar-refractivity contribution >= 4 is 33.4 Å². The minimum Gasteiger partial charge on any atom is -0.335 e. The molecular weight excluding hydrogens is 290 g/mol. The average Bonchev–Trinajstić information content (AvgIpc) is 2.73. The first-order chi connectivity index (χ1) is 7.83. The van der Waals surface area contributed by atoms with Crippen LogP contribution in [-0.4, -0.2) is 38.3 Å². The van der Waals surface area contributed by atoms with E-state index < -0.39 is 0 Å². The molecule has 0 spiro atoms. The van der Waals surface area contributed by atoms with E-state index in [0.29, 0.717) is 10.9 Å². The summed E-state index contributed by atoms with van der Waals surface area (Å²) in [6, 6.07) is 0.439. The fourth-order valence-corrected chi connectivity index (χ4v) is 2.50. The molecule has 0 radical (unpaired) electrons. The zero-order chi connectivity index (χ0) is 11.4. The lowest BCUT2D eigenvalue weighted by Crippen LogP contribution is -2.44. The highest BCUT2D eigenvalue weighted by Crippen LogP contribution is 2.26. The third kappa shape index (κ3) is 2.60. The van der Waals surface area contributed by atoms with Gasteiger partial charge in [-0.3, -0.25) is 4.79 Å². The van der Waals surface area contributed by atoms with Gasteiger partial charge in [0.25, 0.3) is 5.91 Å². The molecule has 6 heteroatoms. The summed E-state index contributed by atoms with van der Waals surface area (Å²) in [6.45, 7) is 0.826. The lowest BCUT2D eigenvalue weighted by molar-refractivity contribution is 0.0586. The van der Waals surface area contributed by atoms with Crippen LogP contribution in [-0.2, 0) is 0 Å². The number of carbonyl (C=O) groups excluding carboxylic acids is 1. The van der Waals surface area contributed by atoms with Gasteiger partial charge in [-0.05, 0) is 37.2 Å². The highest BCUT2D eigenvalue weighted by molar-refractivity contribution is 9.09. The second-order valence-corrected chi connectivity index (χ2v) is 5.49. The topological polar surface area (TPSA) is 46.1 Å². The average molecular weight is 304 g/mol. The van der Waals surface area contributed by atoms with Crippen LogP contribution in [0.5, 0.6) is 0 Å². The van der Waals surface area contributed by atoms with E-state index in [-0.39, 0.29) is 5.91 Å². The fourth-order valence-electron chi connectivity index (χ4n) is 1.78. The summed E-state index contributed by atoms with van der Waals surface area (Å²) in [5, 5.41) is 4.66. The Kier molecular flexibility index (Phi) is 4.29. The number of aromatic nitrogens is 2. The summed E-state index contributed by atoms with van der Waals surface area (Å²) in [6.07, 6.45) is 6.07. The lowest BCUT2D eigenvalue weighted by atomic mass is 9.91. The number of hydrogen-bond donors (Lipinski definition) is 0. The van der Waals surface area contributed by atoms with Crippen molar-refractivity contribution in [1.82, 2.24) is 14.5 Å². The van der Waals surface area contributed by atoms with E-state index in [1.165, 1.54) is 18.0 Å². The summed E-state index contributed by atoms with van der Waals surface area (Å²) in [5.41, 5.74) is 0. The summed E-state index contributed by atoms with van der Waals surface area (Å²) in [4.78, 5) is 14.8. The summed E-state index contributed by atoms with van der Waals surface area (Å²) >= 11 is 4.59. The quantitative estimate of drug-likeness (QED) is 0.784. The Bertz CT molecular complexity index is 340. The molecule has 1 amide bonds. The highest BCUT2D eigenvalue weighted by Gasteiger charge is 2.29. The minimum atomic E-state index is 0.0978. The van der Waals surface area contributed by atoms with E-state index in [4.69, 9.17) is 0 Å². The van der Waals surface area contributed by atoms with E-state index in [1.807, 2.05) is 4.90 Å². The van der Waals surface area contributed by atoms with Gasteiger partial charge in [-0.1, -0.05) is 20.4 Å². The number of carbonyl (C=O) groups is 1. The molecule has 2 rings (SSSR count). The Morgan fingerprint density at radius 1 is 1.62 bits per heavy atom. The molecule has 0 aromatic carbocycles. The normalized spacial score (nSPS) is 15.8. The SMILES string of the molecule is O=C(c1cnns1)N(CCCBr)C1CCC1. The maximum absolute atomic E-state index is 12.2. The van der Waals surface area contributed by atoms with E-state index in [1.54, 1.807) is 6.20 Å². The standard InChI is InChI=1S/C10H14BrN3OS/c11-5-2-6-14(8-3-1-4-8)10(15)9-7-12-13-16-9/h7-8H,1-6H2. The minimum absolute atomic E-state index is 0.0978. The van der Waals surface area contributed by atoms with Gasteiger partial charge in [-0.2, -0.15) is 0 Å². The zero-order valence-corrected chi connectivity index (χ0v) is 11.3. The molecule has 1 fully saturated rings. The van der Waals surface area contributed by atoms with Gasteiger partial charge in [0.1, 0.15) is 4.88 Å². The van der Waals surface area contributed by atoms with E-state index in [9.17, 15) is 4.79 Å². The van der Waals surface area contributed by atoms with Crippen LogP contribution in [0, 0.1) is 0 Å². The summed E-state index contributed by atoms with van der Waals surface area (Å²) in [5.74, 6) is 0.0978. The molecule has 1 aromatic heterocycles. The highest BCUT2D eigenvalue weighted by atomic mass is 79.9. The van der Waals surface area contributed by atoms with Crippen molar-refractivity contribution in [3.8, 4) is 0 Å². The van der Waals surface area contributed by atoms with E-state index >= 15 is 0 Å². The molecule has 1 aromatic rings. The maximum atomic E-state index is 12.2. The van der Waals surface area contributed by atoms with E-state index in [0.717, 1.165) is 31.1 Å². The molecule has 1 saturated carbocycles. The van der Waals surface area contributed by atoms with Gasteiger partial charge in [-0.25, -0.2) is 0 Å². The Morgan fingerprint density at radius 2 is 2.44 bits per heavy atom. The Hall–Kier alpha value is -0.490. The second-order valence-electron chi connectivity index (χ2n) is 3.91. The van der Waals surface area contributed by atoms with Gasteiger partial charge in [0.05, 0.1) is 6.20 Å². The molecule has 0 unspecified atom stereocenters. The van der Waals surface area contributed by atoms with Gasteiger partial charge in [0.15, 0.2) is 0 Å². The molecule has 0 N–H and O–H groups in total. The van der Waals surface area contributed by atoms with Gasteiger partial charge < -0.3 is 4.90 Å². The molecule has 88 valence electrons. The molecule has 1 aliphatic rings. The van der Waals surface area contributed by atoms with Crippen LogP contribution >= 0.6 is 27.5 Å². The second kappa shape index (κ2) is 5.72. The lowest BCUT2D eigenvalue weighted by Gasteiger charge is -2.37. The van der Waals surface area contributed by atoms with Crippen LogP contribution in [0.15, 0.2) is 6.20 Å². The number of amides is 1. The van der Waals surface area contributed by atoms with Crippen molar-refractivity contribution in [2.75, 3.05) is 11.9 Å².